The van der Waals surface area contributed by atoms with E-state index in [1.165, 1.54) is 20.0 Å². The van der Waals surface area contributed by atoms with E-state index in [1.807, 2.05) is 13.1 Å². The lowest BCUT2D eigenvalue weighted by Crippen LogP contribution is -2.58. The molecule has 2 aliphatic rings. The maximum absolute atomic E-state index is 12.7. The van der Waals surface area contributed by atoms with Crippen LogP contribution in [0.2, 0.25) is 0 Å². The van der Waals surface area contributed by atoms with E-state index < -0.39 is 20.4 Å². The minimum Gasteiger partial charge on any atom is -0.304 e. The summed E-state index contributed by atoms with van der Waals surface area (Å²) in [4.78, 5) is 2.08. The molecule has 2 aliphatic heterocycles. The second kappa shape index (κ2) is 8.26. The van der Waals surface area contributed by atoms with Crippen molar-refractivity contribution >= 4 is 20.4 Å². The molecule has 2 rings (SSSR count). The van der Waals surface area contributed by atoms with Crippen LogP contribution >= 0.6 is 0 Å². The summed E-state index contributed by atoms with van der Waals surface area (Å²) in [5.41, 5.74) is 0. The van der Waals surface area contributed by atoms with Gasteiger partial charge in [0.15, 0.2) is 0 Å². The van der Waals surface area contributed by atoms with Crippen LogP contribution in [0.4, 0.5) is 0 Å². The molecule has 0 unspecified atom stereocenters. The second-order valence-electron chi connectivity index (χ2n) is 6.25. The number of hydrogen-bond acceptors (Lipinski definition) is 6. The lowest BCUT2D eigenvalue weighted by molar-refractivity contribution is 0.199. The third-order valence-electron chi connectivity index (χ3n) is 4.57. The number of likely N-dealkylation sites (N-methyl/N-ethyl adjacent to an activating group) is 1. The molecule has 0 aromatic rings. The molecule has 2 heterocycles. The fraction of sp³-hybridized carbons (Fsp3) is 0.923. The standard InChI is InChI=1S/C13H26N6O4S2/c1-15-6-8-18(9-7-15)25(22,23)19-12-10-17(11-13-19)24(20,21)16(2)5-3-4-14/h3,5-13H2,1-2H3. The molecule has 2 fully saturated rings. The van der Waals surface area contributed by atoms with Gasteiger partial charge in [-0.1, -0.05) is 0 Å². The Morgan fingerprint density at radius 2 is 1.32 bits per heavy atom. The highest BCUT2D eigenvalue weighted by atomic mass is 32.2. The Labute approximate surface area is 150 Å². The predicted octanol–water partition coefficient (Wildman–Crippen LogP) is -1.81. The molecule has 0 radical (unpaired) electrons. The first-order chi connectivity index (χ1) is 11.7. The highest BCUT2D eigenvalue weighted by Crippen LogP contribution is 2.17. The van der Waals surface area contributed by atoms with Crippen molar-refractivity contribution in [1.82, 2.24) is 22.1 Å². The van der Waals surface area contributed by atoms with Gasteiger partial charge in [-0.05, 0) is 7.05 Å². The van der Waals surface area contributed by atoms with Crippen molar-refractivity contribution in [3.8, 4) is 6.07 Å². The molecule has 0 atom stereocenters. The summed E-state index contributed by atoms with van der Waals surface area (Å²) in [6, 6.07) is 1.92. The number of nitrogens with zero attached hydrogens (tertiary/aromatic N) is 6. The summed E-state index contributed by atoms with van der Waals surface area (Å²) in [6.45, 7) is 2.92. The molecule has 25 heavy (non-hydrogen) atoms. The van der Waals surface area contributed by atoms with Gasteiger partial charge >= 0.3 is 0 Å². The van der Waals surface area contributed by atoms with Gasteiger partial charge in [-0.15, -0.1) is 0 Å². The van der Waals surface area contributed by atoms with Crippen LogP contribution in [0, 0.1) is 11.3 Å². The molecule has 0 saturated carbocycles. The van der Waals surface area contributed by atoms with Crippen LogP contribution in [0.3, 0.4) is 0 Å². The molecule has 0 aromatic heterocycles. The van der Waals surface area contributed by atoms with Crippen LogP contribution in [0.5, 0.6) is 0 Å². The van der Waals surface area contributed by atoms with Gasteiger partial charge < -0.3 is 4.90 Å². The van der Waals surface area contributed by atoms with Gasteiger partial charge in [-0.2, -0.15) is 39.3 Å². The number of piperazine rings is 2. The molecule has 0 amide bonds. The number of nitriles is 1. The third-order valence-corrected chi connectivity index (χ3v) is 8.59. The van der Waals surface area contributed by atoms with Gasteiger partial charge in [0.1, 0.15) is 0 Å². The second-order valence-corrected chi connectivity index (χ2v) is 10.2. The molecule has 10 nitrogen and oxygen atoms in total. The molecular weight excluding hydrogens is 368 g/mol. The summed E-state index contributed by atoms with van der Waals surface area (Å²) >= 11 is 0. The van der Waals surface area contributed by atoms with Gasteiger partial charge in [0, 0.05) is 72.4 Å². The van der Waals surface area contributed by atoms with Crippen molar-refractivity contribution in [2.75, 3.05) is 73.0 Å². The Morgan fingerprint density at radius 1 is 0.880 bits per heavy atom. The minimum atomic E-state index is -3.66. The molecule has 0 spiro atoms. The van der Waals surface area contributed by atoms with E-state index in [9.17, 15) is 16.8 Å². The van der Waals surface area contributed by atoms with Crippen molar-refractivity contribution < 1.29 is 16.8 Å². The minimum absolute atomic E-state index is 0.117. The first-order valence-electron chi connectivity index (χ1n) is 8.21. The molecular formula is C13H26N6O4S2. The summed E-state index contributed by atoms with van der Waals surface area (Å²) < 4.78 is 55.5. The van der Waals surface area contributed by atoms with Crippen molar-refractivity contribution in [2.45, 2.75) is 6.42 Å². The first kappa shape index (κ1) is 20.5. The van der Waals surface area contributed by atoms with E-state index in [0.29, 0.717) is 26.2 Å². The topological polar surface area (TPSA) is 108 Å². The van der Waals surface area contributed by atoms with E-state index in [2.05, 4.69) is 4.90 Å². The van der Waals surface area contributed by atoms with Gasteiger partial charge in [0.05, 0.1) is 6.07 Å². The van der Waals surface area contributed by atoms with Crippen LogP contribution in [-0.2, 0) is 20.4 Å². The Hall–Kier alpha value is -0.810. The van der Waals surface area contributed by atoms with Gasteiger partial charge in [-0.25, -0.2) is 0 Å². The predicted molar refractivity (Wildman–Crippen MR) is 92.9 cm³/mol. The number of hydrogen-bond donors (Lipinski definition) is 0. The Kier molecular flexibility index (Phi) is 6.77. The highest BCUT2D eigenvalue weighted by Gasteiger charge is 2.37. The molecule has 0 aliphatic carbocycles. The van der Waals surface area contributed by atoms with Crippen molar-refractivity contribution in [3.63, 3.8) is 0 Å². The van der Waals surface area contributed by atoms with Crippen molar-refractivity contribution in [1.29, 1.82) is 5.26 Å². The molecule has 0 N–H and O–H groups in total. The van der Waals surface area contributed by atoms with Crippen LogP contribution in [-0.4, -0.2) is 112 Å². The van der Waals surface area contributed by atoms with E-state index >= 15 is 0 Å². The van der Waals surface area contributed by atoms with E-state index in [1.54, 1.807) is 0 Å². The largest absolute Gasteiger partial charge is 0.304 e. The van der Waals surface area contributed by atoms with E-state index in [0.717, 1.165) is 4.31 Å². The smallest absolute Gasteiger partial charge is 0.282 e. The monoisotopic (exact) mass is 394 g/mol. The average Bonchev–Trinajstić information content (AvgIpc) is 2.60. The Morgan fingerprint density at radius 3 is 1.80 bits per heavy atom. The average molecular weight is 395 g/mol. The molecule has 0 bridgehead atoms. The fourth-order valence-corrected chi connectivity index (χ4v) is 5.75. The van der Waals surface area contributed by atoms with Crippen LogP contribution in [0.25, 0.3) is 0 Å². The van der Waals surface area contributed by atoms with E-state index in [-0.39, 0.29) is 39.1 Å². The lowest BCUT2D eigenvalue weighted by Gasteiger charge is -2.39. The summed E-state index contributed by atoms with van der Waals surface area (Å²) in [7, 11) is -3.83. The van der Waals surface area contributed by atoms with Crippen molar-refractivity contribution in [3.05, 3.63) is 0 Å². The zero-order valence-corrected chi connectivity index (χ0v) is 16.3. The SMILES string of the molecule is CN1CCN(S(=O)(=O)N2CCN(S(=O)(=O)N(C)CCC#N)CC2)CC1. The fourth-order valence-electron chi connectivity index (χ4n) is 2.83. The third kappa shape index (κ3) is 4.68. The zero-order chi connectivity index (χ0) is 18.7. The van der Waals surface area contributed by atoms with Gasteiger partial charge in [0.25, 0.3) is 20.4 Å². The summed E-state index contributed by atoms with van der Waals surface area (Å²) in [5.74, 6) is 0. The van der Waals surface area contributed by atoms with Crippen LogP contribution in [0.15, 0.2) is 0 Å². The molecule has 2 saturated heterocycles. The quantitative estimate of drug-likeness (QED) is 0.525. The molecule has 0 aromatic carbocycles. The van der Waals surface area contributed by atoms with Crippen LogP contribution < -0.4 is 0 Å². The number of rotatable bonds is 6. The normalized spacial score (nSPS) is 23.0. The zero-order valence-electron chi connectivity index (χ0n) is 14.7. The maximum atomic E-state index is 12.7. The van der Waals surface area contributed by atoms with Gasteiger partial charge in [0.2, 0.25) is 0 Å². The van der Waals surface area contributed by atoms with Crippen molar-refractivity contribution in [2.24, 2.45) is 0 Å². The van der Waals surface area contributed by atoms with E-state index in [4.69, 9.17) is 5.26 Å². The van der Waals surface area contributed by atoms with Gasteiger partial charge in [-0.3, -0.25) is 0 Å². The lowest BCUT2D eigenvalue weighted by atomic mass is 10.4. The maximum Gasteiger partial charge on any atom is 0.282 e. The summed E-state index contributed by atoms with van der Waals surface area (Å²) in [6.07, 6.45) is 0.119. The highest BCUT2D eigenvalue weighted by molar-refractivity contribution is 7.87. The molecule has 12 heteroatoms. The summed E-state index contributed by atoms with van der Waals surface area (Å²) in [5, 5.41) is 8.59. The first-order valence-corrected chi connectivity index (χ1v) is 11.0. The Bertz CT molecular complexity index is 689. The Balaban J connectivity index is 1.96. The molecule has 144 valence electrons. The van der Waals surface area contributed by atoms with Crippen LogP contribution in [0.1, 0.15) is 6.42 Å².